The van der Waals surface area contributed by atoms with E-state index in [1.165, 1.54) is 6.07 Å². The van der Waals surface area contributed by atoms with E-state index in [1.54, 1.807) is 26.0 Å². The third-order valence-corrected chi connectivity index (χ3v) is 3.47. The molecule has 1 aliphatic rings. The molecule has 1 aliphatic heterocycles. The Morgan fingerprint density at radius 1 is 1.33 bits per heavy atom. The summed E-state index contributed by atoms with van der Waals surface area (Å²) in [5.41, 5.74) is 7.05. The van der Waals surface area contributed by atoms with Crippen LogP contribution in [0, 0.1) is 12.7 Å². The van der Waals surface area contributed by atoms with Gasteiger partial charge in [-0.05, 0) is 31.0 Å². The summed E-state index contributed by atoms with van der Waals surface area (Å²) in [5, 5.41) is 19.5. The van der Waals surface area contributed by atoms with Gasteiger partial charge in [0.05, 0.1) is 12.1 Å². The molecule has 0 bridgehead atoms. The molecule has 0 aromatic heterocycles. The molecule has 0 aliphatic carbocycles. The molecule has 5 heteroatoms. The molecule has 1 fully saturated rings. The second kappa shape index (κ2) is 4.93. The van der Waals surface area contributed by atoms with Crippen molar-refractivity contribution in [3.63, 3.8) is 0 Å². The Morgan fingerprint density at radius 3 is 2.50 bits per heavy atom. The predicted octanol–water partition coefficient (Wildman–Crippen LogP) is 0.643. The van der Waals surface area contributed by atoms with Crippen molar-refractivity contribution in [2.75, 3.05) is 0 Å². The predicted molar refractivity (Wildman–Crippen MR) is 64.4 cm³/mol. The van der Waals surface area contributed by atoms with Gasteiger partial charge in [-0.15, -0.1) is 0 Å². The van der Waals surface area contributed by atoms with Crippen LogP contribution in [0.15, 0.2) is 18.2 Å². The van der Waals surface area contributed by atoms with E-state index in [1.807, 2.05) is 0 Å². The number of aliphatic hydroxyl groups is 2. The molecule has 1 saturated heterocycles. The average Bonchev–Trinajstić information content (AvgIpc) is 2.60. The molecule has 18 heavy (non-hydrogen) atoms. The van der Waals surface area contributed by atoms with E-state index < -0.39 is 30.5 Å². The van der Waals surface area contributed by atoms with Gasteiger partial charge in [0.25, 0.3) is 0 Å². The van der Waals surface area contributed by atoms with Gasteiger partial charge in [0.2, 0.25) is 0 Å². The summed E-state index contributed by atoms with van der Waals surface area (Å²) in [6, 6.07) is 4.00. The summed E-state index contributed by atoms with van der Waals surface area (Å²) in [6.07, 6.45) is -3.22. The maximum absolute atomic E-state index is 13.5. The fourth-order valence-electron chi connectivity index (χ4n) is 2.18. The molecule has 1 heterocycles. The molecule has 100 valence electrons. The first-order valence-electron chi connectivity index (χ1n) is 5.95. The summed E-state index contributed by atoms with van der Waals surface area (Å²) in [6.45, 7) is 3.33. The molecule has 2 rings (SSSR count). The number of ether oxygens (including phenoxy) is 1. The van der Waals surface area contributed by atoms with Crippen LogP contribution in [0.25, 0.3) is 0 Å². The quantitative estimate of drug-likeness (QED) is 0.725. The number of halogens is 1. The Hall–Kier alpha value is -1.01. The van der Waals surface area contributed by atoms with Gasteiger partial charge in [-0.1, -0.05) is 12.1 Å². The Morgan fingerprint density at radius 2 is 2.00 bits per heavy atom. The fourth-order valence-corrected chi connectivity index (χ4v) is 2.18. The van der Waals surface area contributed by atoms with E-state index in [9.17, 15) is 14.6 Å². The van der Waals surface area contributed by atoms with Gasteiger partial charge in [0.15, 0.2) is 0 Å². The lowest BCUT2D eigenvalue weighted by atomic mass is 9.96. The molecule has 0 amide bonds. The van der Waals surface area contributed by atoms with E-state index in [0.717, 1.165) is 0 Å². The summed E-state index contributed by atoms with van der Waals surface area (Å²) >= 11 is 0. The number of hydrogen-bond acceptors (Lipinski definition) is 4. The Labute approximate surface area is 105 Å². The Kier molecular flexibility index (Phi) is 3.68. The van der Waals surface area contributed by atoms with E-state index in [2.05, 4.69) is 0 Å². The maximum atomic E-state index is 13.5. The van der Waals surface area contributed by atoms with Crippen LogP contribution in [0.1, 0.15) is 24.1 Å². The fraction of sp³-hybridized carbons (Fsp3) is 0.538. The molecule has 4 N–H and O–H groups in total. The van der Waals surface area contributed by atoms with Crippen molar-refractivity contribution in [3.8, 4) is 0 Å². The lowest BCUT2D eigenvalue weighted by Crippen LogP contribution is -2.38. The minimum absolute atomic E-state index is 0.343. The number of aliphatic hydroxyl groups excluding tert-OH is 2. The van der Waals surface area contributed by atoms with E-state index in [0.29, 0.717) is 11.1 Å². The van der Waals surface area contributed by atoms with Crippen molar-refractivity contribution in [2.45, 2.75) is 44.3 Å². The standard InChI is InChI=1S/C13H18FNO3/c1-6-3-4-8(5-9(6)14)10(15)13-12(17)11(16)7(2)18-13/h3-5,7,10-13,16-17H,15H2,1-2H3. The SMILES string of the molecule is Cc1ccc(C(N)C2OC(C)C(O)C2O)cc1F. The number of nitrogens with two attached hydrogens (primary N) is 1. The Bertz CT molecular complexity index is 440. The second-order valence-corrected chi connectivity index (χ2v) is 4.82. The molecule has 1 aromatic rings. The summed E-state index contributed by atoms with van der Waals surface area (Å²) in [5.74, 6) is -0.343. The highest BCUT2D eigenvalue weighted by molar-refractivity contribution is 5.27. The molecule has 4 nitrogen and oxygen atoms in total. The van der Waals surface area contributed by atoms with Crippen molar-refractivity contribution in [1.82, 2.24) is 0 Å². The molecular formula is C13H18FNO3. The smallest absolute Gasteiger partial charge is 0.126 e. The number of aryl methyl sites for hydroxylation is 1. The molecule has 0 radical (unpaired) electrons. The zero-order chi connectivity index (χ0) is 13.4. The summed E-state index contributed by atoms with van der Waals surface area (Å²) < 4.78 is 18.9. The van der Waals surface area contributed by atoms with Crippen LogP contribution in [0.3, 0.4) is 0 Å². The van der Waals surface area contributed by atoms with Gasteiger partial charge in [0.1, 0.15) is 24.1 Å². The van der Waals surface area contributed by atoms with Crippen LogP contribution in [0.2, 0.25) is 0 Å². The largest absolute Gasteiger partial charge is 0.388 e. The second-order valence-electron chi connectivity index (χ2n) is 4.82. The molecule has 1 aromatic carbocycles. The van der Waals surface area contributed by atoms with Gasteiger partial charge in [-0.2, -0.15) is 0 Å². The number of hydrogen-bond donors (Lipinski definition) is 3. The van der Waals surface area contributed by atoms with Gasteiger partial charge >= 0.3 is 0 Å². The topological polar surface area (TPSA) is 75.7 Å². The van der Waals surface area contributed by atoms with Gasteiger partial charge < -0.3 is 20.7 Å². The van der Waals surface area contributed by atoms with Crippen molar-refractivity contribution in [3.05, 3.63) is 35.1 Å². The highest BCUT2D eigenvalue weighted by Gasteiger charge is 2.43. The lowest BCUT2D eigenvalue weighted by Gasteiger charge is -2.22. The van der Waals surface area contributed by atoms with Crippen molar-refractivity contribution in [1.29, 1.82) is 0 Å². The molecule has 5 atom stereocenters. The first-order chi connectivity index (χ1) is 8.41. The monoisotopic (exact) mass is 255 g/mol. The van der Waals surface area contributed by atoms with Gasteiger partial charge in [-0.25, -0.2) is 4.39 Å². The average molecular weight is 255 g/mol. The third kappa shape index (κ3) is 2.27. The first-order valence-corrected chi connectivity index (χ1v) is 5.95. The molecule has 5 unspecified atom stereocenters. The molecule has 0 spiro atoms. The summed E-state index contributed by atoms with van der Waals surface area (Å²) in [4.78, 5) is 0. The zero-order valence-electron chi connectivity index (χ0n) is 10.4. The third-order valence-electron chi connectivity index (χ3n) is 3.47. The van der Waals surface area contributed by atoms with E-state index in [4.69, 9.17) is 10.5 Å². The van der Waals surface area contributed by atoms with E-state index >= 15 is 0 Å². The van der Waals surface area contributed by atoms with Crippen LogP contribution >= 0.6 is 0 Å². The summed E-state index contributed by atoms with van der Waals surface area (Å²) in [7, 11) is 0. The Balaban J connectivity index is 2.21. The van der Waals surface area contributed by atoms with Crippen LogP contribution in [0.4, 0.5) is 4.39 Å². The normalized spacial score (nSPS) is 33.7. The van der Waals surface area contributed by atoms with E-state index in [-0.39, 0.29) is 5.82 Å². The number of rotatable bonds is 2. The van der Waals surface area contributed by atoms with Crippen LogP contribution < -0.4 is 5.73 Å². The van der Waals surface area contributed by atoms with Crippen molar-refractivity contribution in [2.24, 2.45) is 5.73 Å². The lowest BCUT2D eigenvalue weighted by molar-refractivity contribution is 0.0000879. The van der Waals surface area contributed by atoms with Crippen molar-refractivity contribution >= 4 is 0 Å². The van der Waals surface area contributed by atoms with Gasteiger partial charge in [-0.3, -0.25) is 0 Å². The van der Waals surface area contributed by atoms with Crippen LogP contribution in [-0.2, 0) is 4.74 Å². The van der Waals surface area contributed by atoms with Crippen molar-refractivity contribution < 1.29 is 19.3 Å². The molecule has 0 saturated carbocycles. The number of benzene rings is 1. The minimum atomic E-state index is -1.06. The zero-order valence-corrected chi connectivity index (χ0v) is 10.4. The van der Waals surface area contributed by atoms with Gasteiger partial charge in [0, 0.05) is 0 Å². The minimum Gasteiger partial charge on any atom is -0.388 e. The highest BCUT2D eigenvalue weighted by atomic mass is 19.1. The highest BCUT2D eigenvalue weighted by Crippen LogP contribution is 2.29. The van der Waals surface area contributed by atoms with Crippen LogP contribution in [-0.4, -0.2) is 34.6 Å². The van der Waals surface area contributed by atoms with Crippen LogP contribution in [0.5, 0.6) is 0 Å². The maximum Gasteiger partial charge on any atom is 0.126 e. The first kappa shape index (κ1) is 13.4. The molecular weight excluding hydrogens is 237 g/mol.